The van der Waals surface area contributed by atoms with Crippen LogP contribution in [-0.4, -0.2) is 111 Å². The zero-order valence-corrected chi connectivity index (χ0v) is 24.3. The molecule has 0 aliphatic heterocycles. The standard InChI is InChI=1S/C28H44N4O6S/c1-5-31(16-25(33)34)24-9-7-6-8-23(24)30(4)15-22(32(17-26(35)36)18-27(37)38)14-20-10-12-21(13-11-20)29-28(39)19(2)3/h10-13,19,22-24H,5-9,14-18H2,1-4H3,(H,29,39)(H,33,34)(H,35,36)(H,37,38). The van der Waals surface area contributed by atoms with Gasteiger partial charge in [-0.25, -0.2) is 0 Å². The summed E-state index contributed by atoms with van der Waals surface area (Å²) >= 11 is 5.38. The molecule has 1 aromatic rings. The lowest BCUT2D eigenvalue weighted by molar-refractivity contribution is -0.143. The van der Waals surface area contributed by atoms with Crippen LogP contribution in [0.1, 0.15) is 52.0 Å². The van der Waals surface area contributed by atoms with Gasteiger partial charge in [-0.3, -0.25) is 24.2 Å². The fourth-order valence-electron chi connectivity index (χ4n) is 5.39. The molecule has 2 rings (SSSR count). The van der Waals surface area contributed by atoms with E-state index in [0.29, 0.717) is 19.5 Å². The summed E-state index contributed by atoms with van der Waals surface area (Å²) < 4.78 is 0. The average molecular weight is 565 g/mol. The monoisotopic (exact) mass is 564 g/mol. The number of carbonyl (C=O) groups is 3. The predicted molar refractivity (Wildman–Crippen MR) is 155 cm³/mol. The molecule has 0 radical (unpaired) electrons. The zero-order chi connectivity index (χ0) is 29.1. The minimum Gasteiger partial charge on any atom is -0.480 e. The van der Waals surface area contributed by atoms with Crippen molar-refractivity contribution >= 4 is 40.8 Å². The van der Waals surface area contributed by atoms with Crippen LogP contribution in [0.5, 0.6) is 0 Å². The highest BCUT2D eigenvalue weighted by molar-refractivity contribution is 7.80. The first-order valence-corrected chi connectivity index (χ1v) is 14.1. The van der Waals surface area contributed by atoms with Gasteiger partial charge in [0.2, 0.25) is 0 Å². The summed E-state index contributed by atoms with van der Waals surface area (Å²) in [5.74, 6) is -2.81. The Labute approximate surface area is 237 Å². The molecule has 1 aromatic carbocycles. The Morgan fingerprint density at radius 1 is 0.949 bits per heavy atom. The second-order valence-corrected chi connectivity index (χ2v) is 11.1. The second-order valence-electron chi connectivity index (χ2n) is 10.7. The summed E-state index contributed by atoms with van der Waals surface area (Å²) in [6.45, 7) is 6.26. The van der Waals surface area contributed by atoms with Crippen molar-refractivity contribution in [1.29, 1.82) is 0 Å². The van der Waals surface area contributed by atoms with Gasteiger partial charge in [-0.2, -0.15) is 0 Å². The van der Waals surface area contributed by atoms with E-state index >= 15 is 0 Å². The van der Waals surface area contributed by atoms with E-state index in [1.54, 1.807) is 0 Å². The normalized spacial score (nSPS) is 18.5. The predicted octanol–water partition coefficient (Wildman–Crippen LogP) is 3.11. The Hall–Kier alpha value is -2.60. The molecule has 0 bridgehead atoms. The van der Waals surface area contributed by atoms with Gasteiger partial charge >= 0.3 is 17.9 Å². The first kappa shape index (κ1) is 32.6. The number of hydrogen-bond acceptors (Lipinski definition) is 7. The number of nitrogens with zero attached hydrogens (tertiary/aromatic N) is 3. The van der Waals surface area contributed by atoms with Crippen molar-refractivity contribution in [3.63, 3.8) is 0 Å². The van der Waals surface area contributed by atoms with Crippen LogP contribution in [0.4, 0.5) is 5.69 Å². The van der Waals surface area contributed by atoms with Crippen LogP contribution < -0.4 is 5.32 Å². The summed E-state index contributed by atoms with van der Waals surface area (Å²) in [6.07, 6.45) is 4.31. The van der Waals surface area contributed by atoms with Crippen molar-refractivity contribution in [2.75, 3.05) is 45.1 Å². The van der Waals surface area contributed by atoms with Gasteiger partial charge in [-0.15, -0.1) is 0 Å². The Kier molecular flexibility index (Phi) is 13.3. The van der Waals surface area contributed by atoms with E-state index in [0.717, 1.165) is 41.9 Å². The molecule has 1 aliphatic carbocycles. The number of nitrogens with one attached hydrogen (secondary N) is 1. The molecule has 0 aromatic heterocycles. The Bertz CT molecular complexity index is 957. The molecule has 1 saturated carbocycles. The Morgan fingerprint density at radius 2 is 1.49 bits per heavy atom. The lowest BCUT2D eigenvalue weighted by Gasteiger charge is -2.45. The van der Waals surface area contributed by atoms with Crippen LogP contribution in [0, 0.1) is 5.92 Å². The molecule has 218 valence electrons. The summed E-state index contributed by atoms with van der Waals surface area (Å²) in [5.41, 5.74) is 1.82. The topological polar surface area (TPSA) is 134 Å². The van der Waals surface area contributed by atoms with Crippen molar-refractivity contribution in [2.45, 2.75) is 71.0 Å². The van der Waals surface area contributed by atoms with Crippen LogP contribution in [0.25, 0.3) is 0 Å². The Morgan fingerprint density at radius 3 is 1.97 bits per heavy atom. The minimum atomic E-state index is -1.08. The number of carboxylic acids is 3. The number of anilines is 1. The van der Waals surface area contributed by atoms with E-state index in [1.807, 2.05) is 57.0 Å². The Balaban J connectivity index is 2.30. The van der Waals surface area contributed by atoms with Crippen molar-refractivity contribution in [2.24, 2.45) is 5.92 Å². The largest absolute Gasteiger partial charge is 0.480 e. The van der Waals surface area contributed by atoms with Crippen molar-refractivity contribution in [3.8, 4) is 0 Å². The smallest absolute Gasteiger partial charge is 0.317 e. The maximum Gasteiger partial charge on any atom is 0.317 e. The van der Waals surface area contributed by atoms with Crippen molar-refractivity contribution in [1.82, 2.24) is 14.7 Å². The maximum atomic E-state index is 11.7. The van der Waals surface area contributed by atoms with E-state index in [1.165, 1.54) is 4.90 Å². The van der Waals surface area contributed by atoms with Gasteiger partial charge in [0.15, 0.2) is 0 Å². The molecule has 11 heteroatoms. The first-order chi connectivity index (χ1) is 18.4. The van der Waals surface area contributed by atoms with Crippen LogP contribution in [0.3, 0.4) is 0 Å². The highest BCUT2D eigenvalue weighted by Gasteiger charge is 2.35. The van der Waals surface area contributed by atoms with Gasteiger partial charge in [0.25, 0.3) is 0 Å². The van der Waals surface area contributed by atoms with Crippen LogP contribution in [-0.2, 0) is 20.8 Å². The van der Waals surface area contributed by atoms with Gasteiger partial charge in [0, 0.05) is 36.3 Å². The summed E-state index contributed by atoms with van der Waals surface area (Å²) in [6, 6.07) is 7.51. The third-order valence-corrected chi connectivity index (χ3v) is 7.96. The molecule has 10 nitrogen and oxygen atoms in total. The lowest BCUT2D eigenvalue weighted by Crippen LogP contribution is -2.57. The maximum absolute atomic E-state index is 11.7. The molecule has 3 atom stereocenters. The highest BCUT2D eigenvalue weighted by atomic mass is 32.1. The summed E-state index contributed by atoms with van der Waals surface area (Å²) in [7, 11) is 1.98. The molecule has 1 aliphatic rings. The fraction of sp³-hybridized carbons (Fsp3) is 0.643. The molecular weight excluding hydrogens is 520 g/mol. The molecule has 4 N–H and O–H groups in total. The number of aliphatic carboxylic acids is 3. The van der Waals surface area contributed by atoms with Gasteiger partial charge < -0.3 is 25.5 Å². The van der Waals surface area contributed by atoms with Crippen molar-refractivity contribution in [3.05, 3.63) is 29.8 Å². The lowest BCUT2D eigenvalue weighted by atomic mass is 9.87. The van der Waals surface area contributed by atoms with Gasteiger partial charge in [0.1, 0.15) is 0 Å². The van der Waals surface area contributed by atoms with Gasteiger partial charge in [-0.1, -0.05) is 58.0 Å². The summed E-state index contributed by atoms with van der Waals surface area (Å²) in [5, 5.41) is 31.8. The minimum absolute atomic E-state index is 0.0281. The molecule has 0 heterocycles. The van der Waals surface area contributed by atoms with Gasteiger partial charge in [-0.05, 0) is 50.6 Å². The second kappa shape index (κ2) is 15.9. The number of likely N-dealkylation sites (N-methyl/N-ethyl adjacent to an activating group) is 2. The average Bonchev–Trinajstić information content (AvgIpc) is 2.86. The number of benzene rings is 1. The van der Waals surface area contributed by atoms with Crippen LogP contribution in [0.2, 0.25) is 0 Å². The number of rotatable bonds is 16. The molecule has 3 unspecified atom stereocenters. The van der Waals surface area contributed by atoms with E-state index in [4.69, 9.17) is 12.2 Å². The van der Waals surface area contributed by atoms with Crippen molar-refractivity contribution < 1.29 is 29.7 Å². The third kappa shape index (κ3) is 10.8. The quantitative estimate of drug-likeness (QED) is 0.221. The van der Waals surface area contributed by atoms with E-state index in [9.17, 15) is 29.7 Å². The number of hydrogen-bond donors (Lipinski definition) is 4. The molecule has 0 amide bonds. The number of carboxylic acid groups (broad SMARTS) is 3. The van der Waals surface area contributed by atoms with Crippen LogP contribution >= 0.6 is 12.2 Å². The van der Waals surface area contributed by atoms with E-state index in [2.05, 4.69) is 10.2 Å². The molecule has 39 heavy (non-hydrogen) atoms. The van der Waals surface area contributed by atoms with E-state index < -0.39 is 17.9 Å². The molecule has 0 spiro atoms. The third-order valence-electron chi connectivity index (χ3n) is 7.38. The highest BCUT2D eigenvalue weighted by Crippen LogP contribution is 2.27. The number of thiocarbonyl (C=S) groups is 1. The van der Waals surface area contributed by atoms with Gasteiger partial charge in [0.05, 0.1) is 24.6 Å². The van der Waals surface area contributed by atoms with E-state index in [-0.39, 0.29) is 43.7 Å². The zero-order valence-electron chi connectivity index (χ0n) is 23.5. The SMILES string of the molecule is CCN(CC(=O)O)C1CCCCC1N(C)CC(Cc1ccc(NC(=S)C(C)C)cc1)N(CC(=O)O)CC(=O)O. The summed E-state index contributed by atoms with van der Waals surface area (Å²) in [4.78, 5) is 41.3. The molecular formula is C28H44N4O6S. The fourth-order valence-corrected chi connectivity index (χ4v) is 5.51. The molecule has 0 saturated heterocycles. The first-order valence-electron chi connectivity index (χ1n) is 13.6. The molecule has 1 fully saturated rings. The van der Waals surface area contributed by atoms with Crippen LogP contribution in [0.15, 0.2) is 24.3 Å².